The molecule has 2 aromatic rings. The Labute approximate surface area is 269 Å². The van der Waals surface area contributed by atoms with Crippen LogP contribution in [0.2, 0.25) is 0 Å². The van der Waals surface area contributed by atoms with E-state index >= 15 is 0 Å². The fourth-order valence-electron chi connectivity index (χ4n) is 7.19. The van der Waals surface area contributed by atoms with Gasteiger partial charge in [-0.2, -0.15) is 0 Å². The third-order valence-corrected chi connectivity index (χ3v) is 9.45. The Bertz CT molecular complexity index is 1410. The molecule has 8 nitrogen and oxygen atoms in total. The second-order valence-electron chi connectivity index (χ2n) is 14.3. The molecule has 0 aromatic heterocycles. The lowest BCUT2D eigenvalue weighted by Crippen LogP contribution is -2.38. The minimum absolute atomic E-state index is 0.0524. The van der Waals surface area contributed by atoms with Gasteiger partial charge in [0, 0.05) is 49.9 Å². The number of rotatable bonds is 10. The molecule has 0 radical (unpaired) electrons. The third-order valence-electron chi connectivity index (χ3n) is 9.45. The molecule has 45 heavy (non-hydrogen) atoms. The molecule has 1 saturated carbocycles. The van der Waals surface area contributed by atoms with Gasteiger partial charge in [-0.05, 0) is 108 Å². The first-order valence-corrected chi connectivity index (χ1v) is 16.6. The maximum absolute atomic E-state index is 13.8. The highest BCUT2D eigenvalue weighted by Crippen LogP contribution is 2.57. The first kappa shape index (κ1) is 33.0. The lowest BCUT2D eigenvalue weighted by atomic mass is 9.73. The summed E-state index contributed by atoms with van der Waals surface area (Å²) in [7, 11) is 7.91. The molecule has 0 saturated heterocycles. The number of methoxy groups -OCH3 is 1. The van der Waals surface area contributed by atoms with Crippen LogP contribution in [0.15, 0.2) is 42.0 Å². The van der Waals surface area contributed by atoms with Crippen LogP contribution in [-0.2, 0) is 9.53 Å². The topological polar surface area (TPSA) is 74.4 Å². The van der Waals surface area contributed by atoms with E-state index in [0.29, 0.717) is 30.1 Å². The van der Waals surface area contributed by atoms with E-state index in [1.165, 1.54) is 43.2 Å². The van der Waals surface area contributed by atoms with Crippen LogP contribution < -0.4 is 15.0 Å². The summed E-state index contributed by atoms with van der Waals surface area (Å²) in [6.45, 7) is 9.38. The average molecular weight is 617 g/mol. The third kappa shape index (κ3) is 7.72. The van der Waals surface area contributed by atoms with Gasteiger partial charge in [-0.25, -0.2) is 4.79 Å². The van der Waals surface area contributed by atoms with Crippen molar-refractivity contribution in [1.82, 2.24) is 15.1 Å². The van der Waals surface area contributed by atoms with Crippen molar-refractivity contribution >= 4 is 23.6 Å². The number of carbonyl (C=O) groups is 2. The van der Waals surface area contributed by atoms with Crippen LogP contribution >= 0.6 is 0 Å². The summed E-state index contributed by atoms with van der Waals surface area (Å²) in [6.07, 6.45) is 8.20. The van der Waals surface area contributed by atoms with Crippen LogP contribution in [0, 0.1) is 5.92 Å². The zero-order valence-corrected chi connectivity index (χ0v) is 28.3. The van der Waals surface area contributed by atoms with E-state index < -0.39 is 5.60 Å². The van der Waals surface area contributed by atoms with Crippen LogP contribution in [0.4, 0.5) is 5.69 Å². The molecule has 2 unspecified atom stereocenters. The van der Waals surface area contributed by atoms with Crippen LogP contribution in [0.1, 0.15) is 91.9 Å². The molecule has 2 heterocycles. The normalized spacial score (nSPS) is 19.8. The maximum Gasteiger partial charge on any atom is 0.338 e. The lowest BCUT2D eigenvalue weighted by molar-refractivity contribution is -0.117. The summed E-state index contributed by atoms with van der Waals surface area (Å²) < 4.78 is 11.4. The van der Waals surface area contributed by atoms with E-state index in [4.69, 9.17) is 9.47 Å². The van der Waals surface area contributed by atoms with E-state index in [2.05, 4.69) is 65.4 Å². The highest BCUT2D eigenvalue weighted by atomic mass is 16.6. The highest BCUT2D eigenvalue weighted by molar-refractivity contribution is 6.00. The van der Waals surface area contributed by atoms with Crippen LogP contribution in [0.5, 0.6) is 5.75 Å². The fourth-order valence-corrected chi connectivity index (χ4v) is 7.19. The van der Waals surface area contributed by atoms with Gasteiger partial charge in [-0.3, -0.25) is 4.79 Å². The van der Waals surface area contributed by atoms with E-state index in [9.17, 15) is 9.59 Å². The Morgan fingerprint density at radius 3 is 2.38 bits per heavy atom. The molecule has 2 aliphatic heterocycles. The molecule has 8 heteroatoms. The molecule has 1 N–H and O–H groups in total. The van der Waals surface area contributed by atoms with Crippen molar-refractivity contribution in [3.8, 4) is 5.75 Å². The predicted octanol–water partition coefficient (Wildman–Crippen LogP) is 5.88. The Morgan fingerprint density at radius 2 is 1.69 bits per heavy atom. The number of esters is 1. The standard InChI is InChI=1S/C37H52N4O4/c1-37(2,3)45-36(43)26-13-15-31-32(23-26)41-24-28(35(42)38-17-18-40(6)20-19-39(4)5)21-27-22-29(44-7)14-16-30(27)34(41)33(31)25-11-9-8-10-12-25/h13-16,21-23,25,33-34H,8-12,17-20,24H2,1-7H3,(H,38,42). The number of benzene rings is 2. The number of nitrogens with zero attached hydrogens (tertiary/aromatic N) is 3. The zero-order chi connectivity index (χ0) is 32.3. The number of anilines is 1. The van der Waals surface area contributed by atoms with Gasteiger partial charge in [0.05, 0.1) is 18.7 Å². The van der Waals surface area contributed by atoms with Crippen molar-refractivity contribution in [1.29, 1.82) is 0 Å². The fraction of sp³-hybridized carbons (Fsp3) is 0.568. The van der Waals surface area contributed by atoms with E-state index in [0.717, 1.165) is 36.6 Å². The number of hydrogen-bond acceptors (Lipinski definition) is 7. The number of fused-ring (bicyclic) bond motifs is 5. The van der Waals surface area contributed by atoms with Gasteiger partial charge >= 0.3 is 5.97 Å². The Balaban J connectivity index is 1.51. The maximum atomic E-state index is 13.8. The average Bonchev–Trinajstić information content (AvgIpc) is 3.21. The van der Waals surface area contributed by atoms with Crippen LogP contribution in [0.25, 0.3) is 6.08 Å². The summed E-state index contributed by atoms with van der Waals surface area (Å²) in [5, 5.41) is 3.20. The van der Waals surface area contributed by atoms with Gasteiger partial charge < -0.3 is 29.5 Å². The monoisotopic (exact) mass is 616 g/mol. The highest BCUT2D eigenvalue weighted by Gasteiger charge is 2.46. The molecule has 2 atom stereocenters. The number of nitrogens with one attached hydrogen (secondary N) is 1. The summed E-state index contributed by atoms with van der Waals surface area (Å²) in [6, 6.07) is 12.4. The van der Waals surface area contributed by atoms with Gasteiger partial charge in [-0.1, -0.05) is 31.4 Å². The number of carbonyl (C=O) groups excluding carboxylic acids is 2. The molecule has 1 aliphatic carbocycles. The number of hydrogen-bond donors (Lipinski definition) is 1. The van der Waals surface area contributed by atoms with E-state index in [1.807, 2.05) is 39.0 Å². The minimum atomic E-state index is -0.585. The Morgan fingerprint density at radius 1 is 0.956 bits per heavy atom. The second-order valence-corrected chi connectivity index (χ2v) is 14.3. The van der Waals surface area contributed by atoms with Gasteiger partial charge in [-0.15, -0.1) is 0 Å². The molecule has 5 rings (SSSR count). The molecule has 1 amide bonds. The molecular weight excluding hydrogens is 564 g/mol. The van der Waals surface area contributed by atoms with Gasteiger partial charge in [0.2, 0.25) is 5.91 Å². The molecule has 0 bridgehead atoms. The summed E-state index contributed by atoms with van der Waals surface area (Å²) >= 11 is 0. The first-order chi connectivity index (χ1) is 21.4. The zero-order valence-electron chi connectivity index (χ0n) is 28.3. The van der Waals surface area contributed by atoms with Crippen molar-refractivity contribution in [3.05, 3.63) is 64.2 Å². The number of ether oxygens (including phenoxy) is 2. The second kappa shape index (κ2) is 14.0. The first-order valence-electron chi connectivity index (χ1n) is 16.6. The molecule has 1 fully saturated rings. The quantitative estimate of drug-likeness (QED) is 0.334. The summed E-state index contributed by atoms with van der Waals surface area (Å²) in [4.78, 5) is 33.9. The lowest BCUT2D eigenvalue weighted by Gasteiger charge is -2.36. The van der Waals surface area contributed by atoms with E-state index in [1.54, 1.807) is 7.11 Å². The van der Waals surface area contributed by atoms with Gasteiger partial charge in [0.15, 0.2) is 0 Å². The van der Waals surface area contributed by atoms with Crippen molar-refractivity contribution in [2.75, 3.05) is 65.9 Å². The summed E-state index contributed by atoms with van der Waals surface area (Å²) in [5.41, 5.74) is 5.19. The van der Waals surface area contributed by atoms with Gasteiger partial charge in [0.25, 0.3) is 0 Å². The van der Waals surface area contributed by atoms with Crippen LogP contribution in [-0.4, -0.2) is 88.3 Å². The molecule has 0 spiro atoms. The Kier molecular flexibility index (Phi) is 10.2. The minimum Gasteiger partial charge on any atom is -0.497 e. The van der Waals surface area contributed by atoms with Crippen molar-refractivity contribution < 1.29 is 19.1 Å². The number of amides is 1. The predicted molar refractivity (Wildman–Crippen MR) is 181 cm³/mol. The van der Waals surface area contributed by atoms with Crippen molar-refractivity contribution in [2.24, 2.45) is 5.92 Å². The van der Waals surface area contributed by atoms with E-state index in [-0.39, 0.29) is 23.8 Å². The summed E-state index contributed by atoms with van der Waals surface area (Å²) in [5.74, 6) is 1.19. The van der Waals surface area contributed by atoms with Crippen molar-refractivity contribution in [2.45, 2.75) is 70.4 Å². The van der Waals surface area contributed by atoms with Gasteiger partial charge in [0.1, 0.15) is 11.4 Å². The largest absolute Gasteiger partial charge is 0.497 e. The molecule has 244 valence electrons. The molecule has 2 aromatic carbocycles. The van der Waals surface area contributed by atoms with Crippen LogP contribution in [0.3, 0.4) is 0 Å². The molecule has 3 aliphatic rings. The van der Waals surface area contributed by atoms with Crippen molar-refractivity contribution in [3.63, 3.8) is 0 Å². The number of likely N-dealkylation sites (N-methyl/N-ethyl adjacent to an activating group) is 2. The molecular formula is C37H52N4O4. The smallest absolute Gasteiger partial charge is 0.338 e. The Hall–Kier alpha value is -3.36. The SMILES string of the molecule is COc1ccc2c(c1)C=C(C(=O)NCCN(C)CCN(C)C)CN1c3cc(C(=O)OC(C)(C)C)ccc3C(C3CCCCC3)C21.